The third-order valence-electron chi connectivity index (χ3n) is 2.32. The van der Waals surface area contributed by atoms with Crippen molar-refractivity contribution in [1.82, 2.24) is 10.3 Å². The third-order valence-corrected chi connectivity index (χ3v) is 3.39. The van der Waals surface area contributed by atoms with E-state index >= 15 is 0 Å². The average molecular weight is 253 g/mol. The van der Waals surface area contributed by atoms with Crippen LogP contribution in [0.1, 0.15) is 11.1 Å². The van der Waals surface area contributed by atoms with Crippen molar-refractivity contribution in [2.75, 3.05) is 6.54 Å². The molecule has 0 aromatic carbocycles. The molecule has 2 rings (SSSR count). The molecule has 1 N–H and O–H groups in total. The molecule has 0 atom stereocenters. The summed E-state index contributed by atoms with van der Waals surface area (Å²) in [5.41, 5.74) is 2.43. The lowest BCUT2D eigenvalue weighted by molar-refractivity contribution is 0.686. The molecule has 2 aromatic heterocycles. The van der Waals surface area contributed by atoms with E-state index in [9.17, 15) is 0 Å². The van der Waals surface area contributed by atoms with Crippen LogP contribution in [0.4, 0.5) is 0 Å². The minimum atomic E-state index is 0.588. The number of thiophene rings is 1. The molecule has 16 heavy (non-hydrogen) atoms. The lowest BCUT2D eigenvalue weighted by atomic mass is 10.2. The highest BCUT2D eigenvalue weighted by Crippen LogP contribution is 2.11. The van der Waals surface area contributed by atoms with Crippen LogP contribution in [0.25, 0.3) is 0 Å². The summed E-state index contributed by atoms with van der Waals surface area (Å²) < 4.78 is 0. The molecule has 0 saturated carbocycles. The summed E-state index contributed by atoms with van der Waals surface area (Å²) in [5, 5.41) is 8.23. The molecule has 0 bridgehead atoms. The third kappa shape index (κ3) is 3.30. The van der Waals surface area contributed by atoms with Crippen molar-refractivity contribution in [3.63, 3.8) is 0 Å². The Labute approximate surface area is 104 Å². The maximum Gasteiger partial charge on any atom is 0.133 e. The Bertz CT molecular complexity index is 428. The second-order valence-corrected chi connectivity index (χ2v) is 4.65. The Kier molecular flexibility index (Phi) is 4.34. The van der Waals surface area contributed by atoms with E-state index < -0.39 is 0 Å². The maximum atomic E-state index is 5.95. The maximum absolute atomic E-state index is 5.95. The molecule has 0 unspecified atom stereocenters. The van der Waals surface area contributed by atoms with Crippen molar-refractivity contribution in [1.29, 1.82) is 0 Å². The highest BCUT2D eigenvalue weighted by molar-refractivity contribution is 7.07. The zero-order valence-electron chi connectivity index (χ0n) is 8.82. The molecule has 4 heteroatoms. The number of hydrogen-bond acceptors (Lipinski definition) is 3. The molecule has 0 saturated heterocycles. The molecule has 0 amide bonds. The van der Waals surface area contributed by atoms with Gasteiger partial charge in [-0.15, -0.1) is 0 Å². The highest BCUT2D eigenvalue weighted by Gasteiger charge is 1.99. The van der Waals surface area contributed by atoms with Gasteiger partial charge in [-0.05, 0) is 41.4 Å². The molecule has 0 fully saturated rings. The quantitative estimate of drug-likeness (QED) is 0.653. The molecular formula is C12H13ClN2S. The number of nitrogens with zero attached hydrogens (tertiary/aromatic N) is 1. The fourth-order valence-corrected chi connectivity index (χ4v) is 2.33. The van der Waals surface area contributed by atoms with Crippen molar-refractivity contribution in [3.8, 4) is 0 Å². The first kappa shape index (κ1) is 11.6. The van der Waals surface area contributed by atoms with Crippen LogP contribution in [0.3, 0.4) is 0 Å². The molecule has 0 aliphatic rings. The summed E-state index contributed by atoms with van der Waals surface area (Å²) in [5.74, 6) is 0. The van der Waals surface area contributed by atoms with Gasteiger partial charge in [-0.3, -0.25) is 0 Å². The Balaban J connectivity index is 1.74. The molecule has 0 aliphatic heterocycles. The second-order valence-electron chi connectivity index (χ2n) is 3.51. The lowest BCUT2D eigenvalue weighted by Gasteiger charge is -2.05. The highest BCUT2D eigenvalue weighted by atomic mass is 35.5. The van der Waals surface area contributed by atoms with Gasteiger partial charge < -0.3 is 5.32 Å². The summed E-state index contributed by atoms with van der Waals surface area (Å²) in [7, 11) is 0. The summed E-state index contributed by atoms with van der Waals surface area (Å²) in [4.78, 5) is 4.03. The Morgan fingerprint density at radius 2 is 2.31 bits per heavy atom. The molecule has 2 aromatic rings. The number of rotatable bonds is 5. The lowest BCUT2D eigenvalue weighted by Crippen LogP contribution is -2.16. The molecule has 2 heterocycles. The van der Waals surface area contributed by atoms with Gasteiger partial charge in [0.15, 0.2) is 0 Å². The molecule has 0 radical (unpaired) electrons. The first-order chi connectivity index (χ1) is 7.86. The number of aromatic nitrogens is 1. The van der Waals surface area contributed by atoms with Gasteiger partial charge in [0, 0.05) is 18.3 Å². The van der Waals surface area contributed by atoms with E-state index in [-0.39, 0.29) is 0 Å². The van der Waals surface area contributed by atoms with Crippen LogP contribution in [-0.4, -0.2) is 11.5 Å². The monoisotopic (exact) mass is 252 g/mol. The molecule has 84 valence electrons. The smallest absolute Gasteiger partial charge is 0.133 e. The van der Waals surface area contributed by atoms with Crippen molar-refractivity contribution < 1.29 is 0 Å². The van der Waals surface area contributed by atoms with E-state index in [1.165, 1.54) is 5.56 Å². The van der Waals surface area contributed by atoms with Crippen molar-refractivity contribution in [3.05, 3.63) is 51.4 Å². The standard InChI is InChI=1S/C12H13ClN2S/c13-12-11(2-1-5-15-12)8-14-6-3-10-4-7-16-9-10/h1-2,4-5,7,9,14H,3,6,8H2. The van der Waals surface area contributed by atoms with Gasteiger partial charge in [-0.1, -0.05) is 17.7 Å². The molecule has 0 aliphatic carbocycles. The first-order valence-electron chi connectivity index (χ1n) is 5.17. The van der Waals surface area contributed by atoms with Crippen LogP contribution in [0.5, 0.6) is 0 Å². The number of pyridine rings is 1. The fraction of sp³-hybridized carbons (Fsp3) is 0.250. The molecular weight excluding hydrogens is 240 g/mol. The fourth-order valence-electron chi connectivity index (χ4n) is 1.44. The number of hydrogen-bond donors (Lipinski definition) is 1. The Morgan fingerprint density at radius 3 is 3.06 bits per heavy atom. The van der Waals surface area contributed by atoms with Gasteiger partial charge in [-0.25, -0.2) is 4.98 Å². The first-order valence-corrected chi connectivity index (χ1v) is 6.49. The van der Waals surface area contributed by atoms with E-state index in [2.05, 4.69) is 27.1 Å². The van der Waals surface area contributed by atoms with Crippen LogP contribution in [0.2, 0.25) is 5.15 Å². The van der Waals surface area contributed by atoms with Crippen molar-refractivity contribution in [2.45, 2.75) is 13.0 Å². The van der Waals surface area contributed by atoms with E-state index in [4.69, 9.17) is 11.6 Å². The Morgan fingerprint density at radius 1 is 1.38 bits per heavy atom. The number of nitrogens with one attached hydrogen (secondary N) is 1. The van der Waals surface area contributed by atoms with Crippen molar-refractivity contribution >= 4 is 22.9 Å². The summed E-state index contributed by atoms with van der Waals surface area (Å²) >= 11 is 7.69. The summed E-state index contributed by atoms with van der Waals surface area (Å²) in [6.45, 7) is 1.73. The second kappa shape index (κ2) is 5.99. The van der Waals surface area contributed by atoms with Gasteiger partial charge >= 0.3 is 0 Å². The van der Waals surface area contributed by atoms with Crippen LogP contribution in [0, 0.1) is 0 Å². The Hall–Kier alpha value is -0.900. The SMILES string of the molecule is Clc1ncccc1CNCCc1ccsc1. The molecule has 2 nitrogen and oxygen atoms in total. The van der Waals surface area contributed by atoms with Gasteiger partial charge in [0.2, 0.25) is 0 Å². The largest absolute Gasteiger partial charge is 0.312 e. The van der Waals surface area contributed by atoms with Crippen LogP contribution in [-0.2, 0) is 13.0 Å². The zero-order valence-corrected chi connectivity index (χ0v) is 10.4. The zero-order chi connectivity index (χ0) is 11.2. The average Bonchev–Trinajstić information content (AvgIpc) is 2.79. The van der Waals surface area contributed by atoms with Crippen LogP contribution in [0.15, 0.2) is 35.2 Å². The normalized spacial score (nSPS) is 10.6. The number of halogens is 1. The van der Waals surface area contributed by atoms with E-state index in [1.807, 2.05) is 12.1 Å². The van der Waals surface area contributed by atoms with Crippen LogP contribution >= 0.6 is 22.9 Å². The van der Waals surface area contributed by atoms with E-state index in [0.29, 0.717) is 5.15 Å². The summed E-state index contributed by atoms with van der Waals surface area (Å²) in [6, 6.07) is 6.05. The van der Waals surface area contributed by atoms with Gasteiger partial charge in [-0.2, -0.15) is 11.3 Å². The predicted molar refractivity (Wildman–Crippen MR) is 69.0 cm³/mol. The summed E-state index contributed by atoms with van der Waals surface area (Å²) in [6.07, 6.45) is 2.76. The predicted octanol–water partition coefficient (Wildman–Crippen LogP) is 3.13. The van der Waals surface area contributed by atoms with E-state index in [1.54, 1.807) is 17.5 Å². The van der Waals surface area contributed by atoms with E-state index in [0.717, 1.165) is 25.1 Å². The van der Waals surface area contributed by atoms with Crippen molar-refractivity contribution in [2.24, 2.45) is 0 Å². The minimum Gasteiger partial charge on any atom is -0.312 e. The topological polar surface area (TPSA) is 24.9 Å². The van der Waals surface area contributed by atoms with Gasteiger partial charge in [0.05, 0.1) is 0 Å². The van der Waals surface area contributed by atoms with Gasteiger partial charge in [0.25, 0.3) is 0 Å². The van der Waals surface area contributed by atoms with Crippen LogP contribution < -0.4 is 5.32 Å². The van der Waals surface area contributed by atoms with Gasteiger partial charge in [0.1, 0.15) is 5.15 Å². The molecule has 0 spiro atoms. The minimum absolute atomic E-state index is 0.588.